The van der Waals surface area contributed by atoms with Crippen molar-refractivity contribution in [2.45, 2.75) is 50.9 Å². The second-order valence-corrected chi connectivity index (χ2v) is 9.07. The van der Waals surface area contributed by atoms with Gasteiger partial charge in [-0.3, -0.25) is 14.4 Å². The van der Waals surface area contributed by atoms with E-state index in [4.69, 9.17) is 10.5 Å². The topological polar surface area (TPSA) is 98.5 Å². The van der Waals surface area contributed by atoms with Crippen LogP contribution in [0.5, 0.6) is 5.75 Å². The molecule has 1 aliphatic carbocycles. The molecule has 12 heteroatoms. The molecule has 0 radical (unpaired) electrons. The molecule has 2 aromatic rings. The fourth-order valence-electron chi connectivity index (χ4n) is 4.07. The van der Waals surface area contributed by atoms with Gasteiger partial charge in [0.15, 0.2) is 12.4 Å². The number of hydrogen-bond acceptors (Lipinski definition) is 4. The van der Waals surface area contributed by atoms with Crippen LogP contribution in [0.1, 0.15) is 64.7 Å². The summed E-state index contributed by atoms with van der Waals surface area (Å²) in [6, 6.07) is 5.68. The van der Waals surface area contributed by atoms with E-state index in [0.29, 0.717) is 55.7 Å². The van der Waals surface area contributed by atoms with Crippen LogP contribution < -0.4 is 15.8 Å². The Morgan fingerprint density at radius 2 is 1.59 bits per heavy atom. The van der Waals surface area contributed by atoms with E-state index in [2.05, 4.69) is 5.32 Å². The molecule has 210 valence electrons. The number of halogens is 6. The number of nitrogens with two attached hydrogens (primary N) is 1. The van der Waals surface area contributed by atoms with Crippen molar-refractivity contribution in [1.82, 2.24) is 5.32 Å². The Kier molecular flexibility index (Phi) is 9.41. The monoisotopic (exact) mass is 556 g/mol. The third kappa shape index (κ3) is 8.59. The quantitative estimate of drug-likeness (QED) is 0.230. The first kappa shape index (κ1) is 29.7. The van der Waals surface area contributed by atoms with Crippen molar-refractivity contribution in [1.29, 1.82) is 0 Å². The molecule has 0 unspecified atom stereocenters. The second-order valence-electron chi connectivity index (χ2n) is 9.07. The molecule has 1 aliphatic rings. The molecule has 0 bridgehead atoms. The molecule has 0 heterocycles. The Morgan fingerprint density at radius 1 is 0.923 bits per heavy atom. The highest BCUT2D eigenvalue weighted by molar-refractivity contribution is 6.13. The molecule has 0 aliphatic heterocycles. The molecule has 3 rings (SSSR count). The first-order chi connectivity index (χ1) is 18.2. The Bertz CT molecular complexity index is 1240. The number of carbonyl (C=O) groups is 3. The lowest BCUT2D eigenvalue weighted by atomic mass is 9.85. The van der Waals surface area contributed by atoms with Gasteiger partial charge in [-0.2, -0.15) is 26.3 Å². The number of ketones is 1. The van der Waals surface area contributed by atoms with Crippen LogP contribution in [0.3, 0.4) is 0 Å². The molecule has 0 spiro atoms. The zero-order valence-corrected chi connectivity index (χ0v) is 20.7. The first-order valence-corrected chi connectivity index (χ1v) is 12.1. The van der Waals surface area contributed by atoms with E-state index >= 15 is 0 Å². The smallest absolute Gasteiger partial charge is 0.416 e. The minimum absolute atomic E-state index is 0.0362. The minimum atomic E-state index is -4.99. The largest absolute Gasteiger partial charge is 0.484 e. The van der Waals surface area contributed by atoms with Gasteiger partial charge in [-0.1, -0.05) is 6.42 Å². The summed E-state index contributed by atoms with van der Waals surface area (Å²) in [4.78, 5) is 35.6. The number of carbonyl (C=O) groups excluding carboxylic acids is 3. The summed E-state index contributed by atoms with van der Waals surface area (Å²) < 4.78 is 84.5. The summed E-state index contributed by atoms with van der Waals surface area (Å²) in [6.45, 7) is 0.140. The van der Waals surface area contributed by atoms with Crippen molar-refractivity contribution in [3.05, 3.63) is 69.8 Å². The number of Topliss-reactive ketones (excluding diaryl/α,β-unsaturated/α-hetero) is 1. The Balaban J connectivity index is 1.64. The molecule has 39 heavy (non-hydrogen) atoms. The molecule has 2 amide bonds. The minimum Gasteiger partial charge on any atom is -0.484 e. The van der Waals surface area contributed by atoms with Gasteiger partial charge >= 0.3 is 12.4 Å². The lowest BCUT2D eigenvalue weighted by Crippen LogP contribution is -2.29. The summed E-state index contributed by atoms with van der Waals surface area (Å²) >= 11 is 0. The summed E-state index contributed by atoms with van der Waals surface area (Å²) in [5, 5.41) is 2.68. The van der Waals surface area contributed by atoms with Gasteiger partial charge in [0, 0.05) is 24.1 Å². The molecular formula is C27H26F6N2O4. The number of nitrogens with one attached hydrogen (secondary N) is 1. The van der Waals surface area contributed by atoms with Gasteiger partial charge in [-0.15, -0.1) is 0 Å². The number of aryl methyl sites for hydroxylation is 1. The van der Waals surface area contributed by atoms with Crippen molar-refractivity contribution < 1.29 is 45.5 Å². The van der Waals surface area contributed by atoms with Crippen molar-refractivity contribution >= 4 is 23.7 Å². The summed E-state index contributed by atoms with van der Waals surface area (Å²) in [6.07, 6.45) is -6.19. The summed E-state index contributed by atoms with van der Waals surface area (Å²) in [5.41, 5.74) is 2.70. The van der Waals surface area contributed by atoms with E-state index in [1.807, 2.05) is 0 Å². The van der Waals surface area contributed by atoms with E-state index in [9.17, 15) is 40.7 Å². The standard InChI is InChI=1S/C27H26F6N2O4/c28-26(29,30)19-11-16(12-20(14-19)27(31,32)33)10-18-6-5-17-13-21(7-8-22(17)25(18)38)39-15-24(37)35-9-3-1-2-4-23(34)36/h7-8,10-14H,1-6,9,15H2,(H2,34,36)(H,35,37)/b18-10+. The zero-order chi connectivity index (χ0) is 28.8. The Labute approximate surface area is 220 Å². The molecule has 0 aromatic heterocycles. The van der Waals surface area contributed by atoms with Gasteiger partial charge in [-0.25, -0.2) is 0 Å². The van der Waals surface area contributed by atoms with E-state index < -0.39 is 29.3 Å². The van der Waals surface area contributed by atoms with E-state index in [1.165, 1.54) is 12.1 Å². The van der Waals surface area contributed by atoms with Crippen LogP contribution in [-0.4, -0.2) is 30.7 Å². The normalized spacial score (nSPS) is 14.7. The van der Waals surface area contributed by atoms with Crippen molar-refractivity contribution in [3.63, 3.8) is 0 Å². The maximum Gasteiger partial charge on any atom is 0.416 e. The first-order valence-electron chi connectivity index (χ1n) is 12.1. The SMILES string of the molecule is NC(=O)CCCCCNC(=O)COc1ccc2c(c1)CC/C(=C\c1cc(C(F)(F)F)cc(C(F)(F)F)c1)C2=O. The molecule has 6 nitrogen and oxygen atoms in total. The van der Waals surface area contributed by atoms with Gasteiger partial charge < -0.3 is 15.8 Å². The fourth-order valence-corrected chi connectivity index (χ4v) is 4.07. The average Bonchev–Trinajstić information content (AvgIpc) is 2.85. The second kappa shape index (κ2) is 12.4. The highest BCUT2D eigenvalue weighted by Gasteiger charge is 2.37. The number of unbranched alkanes of at least 4 members (excludes halogenated alkanes) is 2. The van der Waals surface area contributed by atoms with Gasteiger partial charge in [0.1, 0.15) is 5.75 Å². The van der Waals surface area contributed by atoms with Gasteiger partial charge in [0.25, 0.3) is 5.91 Å². The lowest BCUT2D eigenvalue weighted by molar-refractivity contribution is -0.143. The predicted octanol–water partition coefficient (Wildman–Crippen LogP) is 5.48. The Morgan fingerprint density at radius 3 is 2.21 bits per heavy atom. The predicted molar refractivity (Wildman–Crippen MR) is 130 cm³/mol. The lowest BCUT2D eigenvalue weighted by Gasteiger charge is -2.19. The molecule has 2 aromatic carbocycles. The molecule has 0 fully saturated rings. The number of allylic oxidation sites excluding steroid dienone is 1. The maximum absolute atomic E-state index is 13.2. The van der Waals surface area contributed by atoms with Crippen LogP contribution in [0.25, 0.3) is 6.08 Å². The van der Waals surface area contributed by atoms with Gasteiger partial charge in [-0.05, 0) is 79.3 Å². The number of ether oxygens (including phenoxy) is 1. The van der Waals surface area contributed by atoms with Crippen molar-refractivity contribution in [3.8, 4) is 5.75 Å². The number of primary amides is 1. The zero-order valence-electron chi connectivity index (χ0n) is 20.7. The number of hydrogen-bond donors (Lipinski definition) is 2. The molecule has 0 saturated heterocycles. The van der Waals surface area contributed by atoms with Crippen LogP contribution in [0.4, 0.5) is 26.3 Å². The summed E-state index contributed by atoms with van der Waals surface area (Å²) in [7, 11) is 0. The van der Waals surface area contributed by atoms with E-state index in [1.54, 1.807) is 6.07 Å². The number of rotatable bonds is 10. The maximum atomic E-state index is 13.2. The Hall–Kier alpha value is -3.83. The van der Waals surface area contributed by atoms with Crippen LogP contribution in [-0.2, 0) is 28.4 Å². The van der Waals surface area contributed by atoms with Gasteiger partial charge in [0.05, 0.1) is 11.1 Å². The van der Waals surface area contributed by atoms with E-state index in [-0.39, 0.29) is 47.6 Å². The third-order valence-corrected chi connectivity index (χ3v) is 6.02. The molecule has 3 N–H and O–H groups in total. The van der Waals surface area contributed by atoms with Crippen LogP contribution in [0, 0.1) is 0 Å². The number of fused-ring (bicyclic) bond motifs is 1. The molecule has 0 saturated carbocycles. The van der Waals surface area contributed by atoms with Crippen LogP contribution >= 0.6 is 0 Å². The van der Waals surface area contributed by atoms with Crippen LogP contribution in [0.2, 0.25) is 0 Å². The number of amides is 2. The van der Waals surface area contributed by atoms with Crippen LogP contribution in [0.15, 0.2) is 42.0 Å². The fraction of sp³-hybridized carbons (Fsp3) is 0.370. The highest BCUT2D eigenvalue weighted by atomic mass is 19.4. The number of alkyl halides is 6. The molecular weight excluding hydrogens is 530 g/mol. The summed E-state index contributed by atoms with van der Waals surface area (Å²) in [5.74, 6) is -0.911. The van der Waals surface area contributed by atoms with Crippen molar-refractivity contribution in [2.75, 3.05) is 13.2 Å². The molecule has 0 atom stereocenters. The average molecular weight is 557 g/mol. The highest BCUT2D eigenvalue weighted by Crippen LogP contribution is 2.37. The van der Waals surface area contributed by atoms with E-state index in [0.717, 1.165) is 12.5 Å². The third-order valence-electron chi connectivity index (χ3n) is 6.02. The van der Waals surface area contributed by atoms with Crippen molar-refractivity contribution in [2.24, 2.45) is 5.73 Å². The van der Waals surface area contributed by atoms with Gasteiger partial charge in [0.2, 0.25) is 5.91 Å². The number of benzene rings is 2.